The highest BCUT2D eigenvalue weighted by Gasteiger charge is 2.21. The monoisotopic (exact) mass is 309 g/mol. The van der Waals surface area contributed by atoms with Crippen molar-refractivity contribution in [2.24, 2.45) is 0 Å². The zero-order chi connectivity index (χ0) is 15.6. The standard InChI is InChI=1S/C21H27NO/c23-21(15-22-12-6-1-7-13-22)20-14-16-8-2-3-9-17(16)18-10-4-5-11-19(18)20/h4-5,10-11,14,21,23H,1-3,6-9,12-13,15H2. The van der Waals surface area contributed by atoms with Crippen molar-refractivity contribution < 1.29 is 5.11 Å². The van der Waals surface area contributed by atoms with E-state index in [9.17, 15) is 5.11 Å². The molecule has 2 aromatic rings. The molecule has 0 spiro atoms. The molecule has 1 heterocycles. The zero-order valence-electron chi connectivity index (χ0n) is 13.9. The number of piperidine rings is 1. The number of aryl methyl sites for hydroxylation is 2. The molecule has 122 valence electrons. The Morgan fingerprint density at radius 1 is 0.913 bits per heavy atom. The molecule has 0 bridgehead atoms. The van der Waals surface area contributed by atoms with Crippen LogP contribution in [0, 0.1) is 0 Å². The van der Waals surface area contributed by atoms with Crippen LogP contribution in [0.15, 0.2) is 30.3 Å². The smallest absolute Gasteiger partial charge is 0.0923 e. The highest BCUT2D eigenvalue weighted by Crippen LogP contribution is 2.34. The van der Waals surface area contributed by atoms with E-state index in [2.05, 4.69) is 35.2 Å². The molecule has 0 saturated carbocycles. The molecule has 2 nitrogen and oxygen atoms in total. The molecule has 1 aliphatic carbocycles. The second kappa shape index (κ2) is 6.62. The van der Waals surface area contributed by atoms with Crippen molar-refractivity contribution in [3.8, 4) is 0 Å². The van der Waals surface area contributed by atoms with Gasteiger partial charge in [-0.05, 0) is 79.1 Å². The molecule has 1 unspecified atom stereocenters. The first-order valence-electron chi connectivity index (χ1n) is 9.27. The van der Waals surface area contributed by atoms with Crippen LogP contribution >= 0.6 is 0 Å². The van der Waals surface area contributed by atoms with Gasteiger partial charge in [0.2, 0.25) is 0 Å². The number of likely N-dealkylation sites (tertiary alicyclic amines) is 1. The molecule has 1 atom stereocenters. The van der Waals surface area contributed by atoms with Crippen molar-refractivity contribution in [3.63, 3.8) is 0 Å². The van der Waals surface area contributed by atoms with Gasteiger partial charge in [-0.2, -0.15) is 0 Å². The number of hydrogen-bond acceptors (Lipinski definition) is 2. The van der Waals surface area contributed by atoms with Gasteiger partial charge in [-0.15, -0.1) is 0 Å². The van der Waals surface area contributed by atoms with Crippen molar-refractivity contribution in [1.29, 1.82) is 0 Å². The van der Waals surface area contributed by atoms with Gasteiger partial charge in [-0.3, -0.25) is 0 Å². The number of benzene rings is 2. The van der Waals surface area contributed by atoms with Crippen molar-refractivity contribution >= 4 is 10.8 Å². The second-order valence-corrected chi connectivity index (χ2v) is 7.23. The van der Waals surface area contributed by atoms with E-state index in [1.807, 2.05) is 0 Å². The fourth-order valence-electron chi connectivity index (χ4n) is 4.42. The minimum atomic E-state index is -0.370. The third-order valence-corrected chi connectivity index (χ3v) is 5.64. The maximum atomic E-state index is 10.9. The van der Waals surface area contributed by atoms with Gasteiger partial charge in [0.1, 0.15) is 0 Å². The normalized spacial score (nSPS) is 20.4. The van der Waals surface area contributed by atoms with E-state index in [1.54, 1.807) is 0 Å². The molecule has 0 aromatic heterocycles. The third kappa shape index (κ3) is 3.02. The molecule has 1 aliphatic heterocycles. The summed E-state index contributed by atoms with van der Waals surface area (Å²) in [4.78, 5) is 2.43. The van der Waals surface area contributed by atoms with Crippen LogP contribution < -0.4 is 0 Å². The number of aliphatic hydroxyl groups is 1. The average Bonchev–Trinajstić information content (AvgIpc) is 2.62. The minimum Gasteiger partial charge on any atom is -0.387 e. The summed E-state index contributed by atoms with van der Waals surface area (Å²) < 4.78 is 0. The SMILES string of the molecule is OC(CN1CCCCC1)c1cc2c(c3ccccc13)CCCC2. The Morgan fingerprint density at radius 3 is 2.48 bits per heavy atom. The lowest BCUT2D eigenvalue weighted by atomic mass is 9.84. The Kier molecular flexibility index (Phi) is 4.37. The Balaban J connectivity index is 1.70. The van der Waals surface area contributed by atoms with Crippen LogP contribution in [0.5, 0.6) is 0 Å². The molecule has 4 rings (SSSR count). The van der Waals surface area contributed by atoms with Gasteiger partial charge in [0, 0.05) is 6.54 Å². The highest BCUT2D eigenvalue weighted by molar-refractivity contribution is 5.90. The molecule has 2 aliphatic rings. The Labute approximate surface area is 139 Å². The Morgan fingerprint density at radius 2 is 1.65 bits per heavy atom. The van der Waals surface area contributed by atoms with E-state index in [1.165, 1.54) is 66.8 Å². The van der Waals surface area contributed by atoms with E-state index in [0.29, 0.717) is 0 Å². The third-order valence-electron chi connectivity index (χ3n) is 5.64. The fraction of sp³-hybridized carbons (Fsp3) is 0.524. The van der Waals surface area contributed by atoms with Crippen molar-refractivity contribution in [1.82, 2.24) is 4.90 Å². The van der Waals surface area contributed by atoms with Crippen LogP contribution in [0.3, 0.4) is 0 Å². The van der Waals surface area contributed by atoms with Gasteiger partial charge in [0.05, 0.1) is 6.10 Å². The molecule has 1 N–H and O–H groups in total. The first-order valence-corrected chi connectivity index (χ1v) is 9.27. The molecular formula is C21H27NO. The van der Waals surface area contributed by atoms with E-state index < -0.39 is 0 Å². The van der Waals surface area contributed by atoms with Crippen LogP contribution in [0.4, 0.5) is 0 Å². The fourth-order valence-corrected chi connectivity index (χ4v) is 4.42. The molecule has 2 aromatic carbocycles. The summed E-state index contributed by atoms with van der Waals surface area (Å²) >= 11 is 0. The molecule has 1 saturated heterocycles. The lowest BCUT2D eigenvalue weighted by Crippen LogP contribution is -2.33. The molecule has 0 amide bonds. The van der Waals surface area contributed by atoms with Crippen molar-refractivity contribution in [3.05, 3.63) is 47.0 Å². The Hall–Kier alpha value is -1.38. The van der Waals surface area contributed by atoms with Crippen molar-refractivity contribution in [2.45, 2.75) is 51.0 Å². The van der Waals surface area contributed by atoms with Crippen LogP contribution in [0.2, 0.25) is 0 Å². The number of fused-ring (bicyclic) bond motifs is 3. The summed E-state index contributed by atoms with van der Waals surface area (Å²) in [6, 6.07) is 11.0. The lowest BCUT2D eigenvalue weighted by Gasteiger charge is -2.30. The first-order chi connectivity index (χ1) is 11.3. The van der Waals surface area contributed by atoms with Gasteiger partial charge in [-0.25, -0.2) is 0 Å². The van der Waals surface area contributed by atoms with E-state index in [-0.39, 0.29) is 6.10 Å². The molecule has 1 fully saturated rings. The first kappa shape index (κ1) is 15.2. The minimum absolute atomic E-state index is 0.370. The summed E-state index contributed by atoms with van der Waals surface area (Å²) in [6.07, 6.45) is 8.47. The van der Waals surface area contributed by atoms with Gasteiger partial charge in [0.25, 0.3) is 0 Å². The number of nitrogens with zero attached hydrogens (tertiary/aromatic N) is 1. The molecule has 23 heavy (non-hydrogen) atoms. The van der Waals surface area contributed by atoms with Gasteiger partial charge in [-0.1, -0.05) is 36.8 Å². The van der Waals surface area contributed by atoms with E-state index in [4.69, 9.17) is 0 Å². The predicted molar refractivity (Wildman–Crippen MR) is 95.8 cm³/mol. The maximum Gasteiger partial charge on any atom is 0.0923 e. The number of aliphatic hydroxyl groups excluding tert-OH is 1. The number of rotatable bonds is 3. The van der Waals surface area contributed by atoms with Crippen LogP contribution in [-0.2, 0) is 12.8 Å². The van der Waals surface area contributed by atoms with Crippen molar-refractivity contribution in [2.75, 3.05) is 19.6 Å². The van der Waals surface area contributed by atoms with E-state index in [0.717, 1.165) is 25.2 Å². The zero-order valence-corrected chi connectivity index (χ0v) is 13.9. The van der Waals surface area contributed by atoms with Crippen LogP contribution in [0.1, 0.15) is 54.9 Å². The van der Waals surface area contributed by atoms with Crippen LogP contribution in [0.25, 0.3) is 10.8 Å². The largest absolute Gasteiger partial charge is 0.387 e. The van der Waals surface area contributed by atoms with Gasteiger partial charge < -0.3 is 10.0 Å². The van der Waals surface area contributed by atoms with Crippen LogP contribution in [-0.4, -0.2) is 29.6 Å². The quantitative estimate of drug-likeness (QED) is 0.917. The average molecular weight is 309 g/mol. The summed E-state index contributed by atoms with van der Waals surface area (Å²) in [5.41, 5.74) is 4.15. The lowest BCUT2D eigenvalue weighted by molar-refractivity contribution is 0.102. The van der Waals surface area contributed by atoms with Gasteiger partial charge >= 0.3 is 0 Å². The summed E-state index contributed by atoms with van der Waals surface area (Å²) in [5.74, 6) is 0. The summed E-state index contributed by atoms with van der Waals surface area (Å²) in [6.45, 7) is 3.06. The summed E-state index contributed by atoms with van der Waals surface area (Å²) in [7, 11) is 0. The van der Waals surface area contributed by atoms with E-state index >= 15 is 0 Å². The maximum absolute atomic E-state index is 10.9. The molecule has 0 radical (unpaired) electrons. The van der Waals surface area contributed by atoms with Gasteiger partial charge in [0.15, 0.2) is 0 Å². The number of hydrogen-bond donors (Lipinski definition) is 1. The predicted octanol–water partition coefficient (Wildman–Crippen LogP) is 4.24. The highest BCUT2D eigenvalue weighted by atomic mass is 16.3. The topological polar surface area (TPSA) is 23.5 Å². The Bertz CT molecular complexity index is 688. The molecule has 2 heteroatoms. The second-order valence-electron chi connectivity index (χ2n) is 7.23. The molecular weight excluding hydrogens is 282 g/mol. The number of β-amino-alcohol motifs (C(OH)–C–C–N with tert-alkyl or cyclic N) is 1. The summed E-state index contributed by atoms with van der Waals surface area (Å²) in [5, 5.41) is 13.6.